The van der Waals surface area contributed by atoms with Gasteiger partial charge in [0.1, 0.15) is 0 Å². The van der Waals surface area contributed by atoms with E-state index in [-0.39, 0.29) is 24.8 Å². The number of rotatable bonds is 9. The molecular weight excluding hydrogens is 463 g/mol. The summed E-state index contributed by atoms with van der Waals surface area (Å²) >= 11 is 0. The van der Waals surface area contributed by atoms with Crippen LogP contribution in [0.2, 0.25) is 0 Å². The molecule has 1 amide bonds. The maximum Gasteiger partial charge on any atom is 0.435 e. The first-order valence-electron chi connectivity index (χ1n) is 11.3. The van der Waals surface area contributed by atoms with Gasteiger partial charge >= 0.3 is 6.18 Å². The van der Waals surface area contributed by atoms with Crippen molar-refractivity contribution in [1.82, 2.24) is 19.6 Å². The molecule has 2 heterocycles. The molecule has 0 spiro atoms. The van der Waals surface area contributed by atoms with Crippen molar-refractivity contribution >= 4 is 11.6 Å². The molecule has 1 saturated carbocycles. The Labute approximate surface area is 201 Å². The Bertz CT molecular complexity index is 1230. The third-order valence-corrected chi connectivity index (χ3v) is 6.07. The highest BCUT2D eigenvalue weighted by Gasteiger charge is 2.37. The number of aryl methyl sites for hydroxylation is 2. The summed E-state index contributed by atoms with van der Waals surface area (Å²) in [5.41, 5.74) is 2.58. The number of hydrogen-bond acceptors (Lipinski definition) is 5. The van der Waals surface area contributed by atoms with E-state index in [9.17, 15) is 18.0 Å². The molecule has 1 aliphatic carbocycles. The Kier molecular flexibility index (Phi) is 6.77. The normalized spacial score (nSPS) is 13.7. The number of carbonyl (C=O) groups is 1. The van der Waals surface area contributed by atoms with Crippen molar-refractivity contribution in [2.24, 2.45) is 0 Å². The van der Waals surface area contributed by atoms with Crippen molar-refractivity contribution in [1.29, 1.82) is 0 Å². The van der Waals surface area contributed by atoms with Crippen molar-refractivity contribution in [2.75, 3.05) is 19.5 Å². The monoisotopic (exact) mass is 491 g/mol. The summed E-state index contributed by atoms with van der Waals surface area (Å²) in [7, 11) is 3.14. The lowest BCUT2D eigenvalue weighted by Gasteiger charge is -2.11. The lowest BCUT2D eigenvalue weighted by molar-refractivity contribution is -0.141. The zero-order valence-electron chi connectivity index (χ0n) is 20.1. The van der Waals surface area contributed by atoms with Crippen molar-refractivity contribution < 1.29 is 27.4 Å². The highest BCUT2D eigenvalue weighted by molar-refractivity contribution is 5.91. The van der Waals surface area contributed by atoms with E-state index in [1.165, 1.54) is 4.68 Å². The Morgan fingerprint density at radius 1 is 1.09 bits per heavy atom. The minimum Gasteiger partial charge on any atom is -0.493 e. The van der Waals surface area contributed by atoms with Gasteiger partial charge in [-0.05, 0) is 50.5 Å². The molecule has 35 heavy (non-hydrogen) atoms. The van der Waals surface area contributed by atoms with Gasteiger partial charge < -0.3 is 14.8 Å². The zero-order valence-corrected chi connectivity index (χ0v) is 20.1. The number of amides is 1. The Hall–Kier alpha value is -3.50. The van der Waals surface area contributed by atoms with Gasteiger partial charge in [0.2, 0.25) is 5.91 Å². The second-order valence-corrected chi connectivity index (χ2v) is 8.64. The number of hydrogen-bond donors (Lipinski definition) is 1. The second-order valence-electron chi connectivity index (χ2n) is 8.64. The maximum atomic E-state index is 13.1. The van der Waals surface area contributed by atoms with Crippen LogP contribution in [0, 0.1) is 13.8 Å². The molecule has 0 radical (unpaired) electrons. The molecule has 0 atom stereocenters. The van der Waals surface area contributed by atoms with E-state index in [0.29, 0.717) is 35.1 Å². The van der Waals surface area contributed by atoms with Gasteiger partial charge in [0, 0.05) is 24.6 Å². The summed E-state index contributed by atoms with van der Waals surface area (Å²) < 4.78 is 53.0. The van der Waals surface area contributed by atoms with Gasteiger partial charge in [-0.2, -0.15) is 23.4 Å². The molecule has 0 saturated heterocycles. The summed E-state index contributed by atoms with van der Waals surface area (Å²) in [4.78, 5) is 12.7. The molecule has 2 aromatic heterocycles. The van der Waals surface area contributed by atoms with Gasteiger partial charge in [-0.1, -0.05) is 6.07 Å². The van der Waals surface area contributed by atoms with Crippen LogP contribution in [0.5, 0.6) is 11.5 Å². The standard InChI is InChI=1S/C24H28F3N5O3/c1-14-23(15(2)32(29-14)13-16-5-8-19(34-3)20(11-16)35-4)28-22(33)9-10-31-18(17-6-7-17)12-21(30-31)24(25,26)27/h5,8,11-12,17H,6-7,9-10,13H2,1-4H3,(H,28,33). The van der Waals surface area contributed by atoms with Crippen molar-refractivity contribution in [3.05, 3.63) is 52.6 Å². The number of halogens is 3. The molecular formula is C24H28F3N5O3. The van der Waals surface area contributed by atoms with Crippen LogP contribution in [-0.4, -0.2) is 39.7 Å². The lowest BCUT2D eigenvalue weighted by Crippen LogP contribution is -2.17. The molecule has 1 aromatic carbocycles. The predicted molar refractivity (Wildman–Crippen MR) is 123 cm³/mol. The number of nitrogens with zero attached hydrogens (tertiary/aromatic N) is 4. The largest absolute Gasteiger partial charge is 0.493 e. The number of carbonyl (C=O) groups excluding carboxylic acids is 1. The number of benzene rings is 1. The molecule has 4 rings (SSSR count). The predicted octanol–water partition coefficient (Wildman–Crippen LogP) is 4.69. The molecule has 1 aliphatic rings. The third-order valence-electron chi connectivity index (χ3n) is 6.07. The average molecular weight is 492 g/mol. The van der Waals surface area contributed by atoms with Crippen LogP contribution < -0.4 is 14.8 Å². The van der Waals surface area contributed by atoms with Crippen molar-refractivity contribution in [3.8, 4) is 11.5 Å². The number of methoxy groups -OCH3 is 2. The molecule has 1 N–H and O–H groups in total. The lowest BCUT2D eigenvalue weighted by atomic mass is 10.2. The summed E-state index contributed by atoms with van der Waals surface area (Å²) in [6, 6.07) is 6.69. The van der Waals surface area contributed by atoms with E-state index in [4.69, 9.17) is 9.47 Å². The number of aromatic nitrogens is 4. The number of alkyl halides is 3. The summed E-state index contributed by atoms with van der Waals surface area (Å²) in [5.74, 6) is 1.01. The first-order chi connectivity index (χ1) is 16.6. The Morgan fingerprint density at radius 2 is 1.80 bits per heavy atom. The molecule has 1 fully saturated rings. The molecule has 0 unspecified atom stereocenters. The van der Waals surface area contributed by atoms with Crippen LogP contribution in [0.25, 0.3) is 0 Å². The van der Waals surface area contributed by atoms with Gasteiger partial charge in [0.25, 0.3) is 0 Å². The second kappa shape index (κ2) is 9.63. The fourth-order valence-electron chi connectivity index (χ4n) is 4.05. The maximum absolute atomic E-state index is 13.1. The number of anilines is 1. The smallest absolute Gasteiger partial charge is 0.435 e. The topological polar surface area (TPSA) is 83.2 Å². The van der Waals surface area contributed by atoms with E-state index in [1.807, 2.05) is 25.1 Å². The van der Waals surface area contributed by atoms with Crippen LogP contribution in [0.15, 0.2) is 24.3 Å². The van der Waals surface area contributed by atoms with E-state index in [0.717, 1.165) is 30.2 Å². The van der Waals surface area contributed by atoms with Gasteiger partial charge in [0.05, 0.1) is 37.8 Å². The minimum absolute atomic E-state index is 0.00155. The average Bonchev–Trinajstić information content (AvgIpc) is 3.51. The van der Waals surface area contributed by atoms with Crippen LogP contribution in [0.1, 0.15) is 53.5 Å². The fraction of sp³-hybridized carbons (Fsp3) is 0.458. The van der Waals surface area contributed by atoms with Crippen LogP contribution >= 0.6 is 0 Å². The molecule has 0 bridgehead atoms. The third kappa shape index (κ3) is 5.44. The number of ether oxygens (including phenoxy) is 2. The summed E-state index contributed by atoms with van der Waals surface area (Å²) in [5, 5.41) is 11.1. The first-order valence-corrected chi connectivity index (χ1v) is 11.3. The Morgan fingerprint density at radius 3 is 2.43 bits per heavy atom. The number of nitrogens with one attached hydrogen (secondary N) is 1. The van der Waals surface area contributed by atoms with E-state index in [1.54, 1.807) is 25.8 Å². The Balaban J connectivity index is 1.43. The highest BCUT2D eigenvalue weighted by atomic mass is 19.4. The van der Waals surface area contributed by atoms with Gasteiger partial charge in [-0.25, -0.2) is 0 Å². The van der Waals surface area contributed by atoms with E-state index < -0.39 is 11.9 Å². The van der Waals surface area contributed by atoms with Crippen molar-refractivity contribution in [3.63, 3.8) is 0 Å². The van der Waals surface area contributed by atoms with E-state index >= 15 is 0 Å². The molecule has 188 valence electrons. The van der Waals surface area contributed by atoms with Crippen LogP contribution in [0.4, 0.5) is 18.9 Å². The van der Waals surface area contributed by atoms with Gasteiger partial charge in [-0.15, -0.1) is 0 Å². The van der Waals surface area contributed by atoms with Crippen LogP contribution in [0.3, 0.4) is 0 Å². The SMILES string of the molecule is COc1ccc(Cn2nc(C)c(NC(=O)CCn3nc(C(F)(F)F)cc3C3CC3)c2C)cc1OC. The van der Waals surface area contributed by atoms with Crippen molar-refractivity contribution in [2.45, 2.75) is 58.3 Å². The molecule has 0 aliphatic heterocycles. The molecule has 3 aromatic rings. The quantitative estimate of drug-likeness (QED) is 0.470. The van der Waals surface area contributed by atoms with Gasteiger partial charge in [0.15, 0.2) is 17.2 Å². The van der Waals surface area contributed by atoms with Crippen LogP contribution in [-0.2, 0) is 24.1 Å². The minimum atomic E-state index is -4.51. The first kappa shape index (κ1) is 24.6. The molecule has 8 nitrogen and oxygen atoms in total. The zero-order chi connectivity index (χ0) is 25.3. The van der Waals surface area contributed by atoms with Gasteiger partial charge in [-0.3, -0.25) is 14.2 Å². The van der Waals surface area contributed by atoms with E-state index in [2.05, 4.69) is 15.5 Å². The highest BCUT2D eigenvalue weighted by Crippen LogP contribution is 2.42. The summed E-state index contributed by atoms with van der Waals surface area (Å²) in [6.45, 7) is 4.18. The summed E-state index contributed by atoms with van der Waals surface area (Å²) in [6.07, 6.45) is -2.83. The molecule has 11 heteroatoms. The fourth-order valence-corrected chi connectivity index (χ4v) is 4.05.